The highest BCUT2D eigenvalue weighted by molar-refractivity contribution is 5.92. The fourth-order valence-electron chi connectivity index (χ4n) is 1.53. The number of carbonyl (C=O) groups excluding carboxylic acids is 2. The number of hydrogen-bond acceptors (Lipinski definition) is 3. The lowest BCUT2D eigenvalue weighted by Crippen LogP contribution is -2.54. The third-order valence-electron chi connectivity index (χ3n) is 2.55. The van der Waals surface area contributed by atoms with Gasteiger partial charge < -0.3 is 20.1 Å². The van der Waals surface area contributed by atoms with Gasteiger partial charge in [-0.15, -0.1) is 0 Å². The summed E-state index contributed by atoms with van der Waals surface area (Å²) in [6.45, 7) is 4.95. The van der Waals surface area contributed by atoms with Crippen molar-refractivity contribution in [1.82, 2.24) is 10.2 Å². The van der Waals surface area contributed by atoms with Crippen LogP contribution in [0.4, 0.5) is 4.79 Å². The first kappa shape index (κ1) is 10.8. The van der Waals surface area contributed by atoms with Gasteiger partial charge in [0.15, 0.2) is 0 Å². The highest BCUT2D eigenvalue weighted by atomic mass is 16.4. The minimum Gasteiger partial charge on any atom is -0.530 e. The van der Waals surface area contributed by atoms with Crippen molar-refractivity contribution >= 4 is 12.0 Å². The first-order valence-corrected chi connectivity index (χ1v) is 4.84. The largest absolute Gasteiger partial charge is 0.530 e. The smallest absolute Gasteiger partial charge is 0.248 e. The number of hydrogen-bond donors (Lipinski definition) is 1. The standard InChI is InChI=1S/C9H16N2O3/c1-3-11(4-2)7(12)9(5-6-9)10-8(13)14/h10H,3-6H2,1-2H3,(H,13,14)/p-1. The molecule has 1 N–H and O–H groups in total. The molecule has 80 valence electrons. The van der Waals surface area contributed by atoms with Crippen LogP contribution in [0.15, 0.2) is 0 Å². The topological polar surface area (TPSA) is 72.5 Å². The average Bonchev–Trinajstić information content (AvgIpc) is 2.86. The van der Waals surface area contributed by atoms with Gasteiger partial charge in [-0.1, -0.05) is 0 Å². The Balaban J connectivity index is 2.63. The van der Waals surface area contributed by atoms with E-state index in [0.29, 0.717) is 25.9 Å². The van der Waals surface area contributed by atoms with E-state index in [1.54, 1.807) is 4.90 Å². The number of nitrogens with one attached hydrogen (secondary N) is 1. The van der Waals surface area contributed by atoms with Crippen molar-refractivity contribution in [2.75, 3.05) is 13.1 Å². The van der Waals surface area contributed by atoms with Crippen LogP contribution in [0.5, 0.6) is 0 Å². The summed E-state index contributed by atoms with van der Waals surface area (Å²) in [5.41, 5.74) is -0.870. The van der Waals surface area contributed by atoms with Gasteiger partial charge in [0.05, 0.1) is 0 Å². The minimum absolute atomic E-state index is 0.133. The maximum absolute atomic E-state index is 11.8. The molecular weight excluding hydrogens is 184 g/mol. The summed E-state index contributed by atoms with van der Waals surface area (Å²) >= 11 is 0. The maximum atomic E-state index is 11.8. The molecular formula is C9H15N2O3-. The highest BCUT2D eigenvalue weighted by Crippen LogP contribution is 2.36. The maximum Gasteiger partial charge on any atom is 0.248 e. The molecule has 0 heterocycles. The van der Waals surface area contributed by atoms with E-state index in [1.807, 2.05) is 13.8 Å². The van der Waals surface area contributed by atoms with Crippen LogP contribution in [0.25, 0.3) is 0 Å². The fourth-order valence-corrected chi connectivity index (χ4v) is 1.53. The first-order chi connectivity index (χ1) is 6.55. The zero-order chi connectivity index (χ0) is 10.8. The van der Waals surface area contributed by atoms with Crippen LogP contribution in [0, 0.1) is 0 Å². The number of likely N-dealkylation sites (N-methyl/N-ethyl adjacent to an activating group) is 1. The second-order valence-corrected chi connectivity index (χ2v) is 3.47. The summed E-state index contributed by atoms with van der Waals surface area (Å²) in [7, 11) is 0. The fraction of sp³-hybridized carbons (Fsp3) is 0.778. The van der Waals surface area contributed by atoms with Gasteiger partial charge >= 0.3 is 0 Å². The Labute approximate surface area is 83.1 Å². The number of amides is 2. The zero-order valence-corrected chi connectivity index (χ0v) is 8.50. The van der Waals surface area contributed by atoms with E-state index < -0.39 is 11.6 Å². The van der Waals surface area contributed by atoms with Gasteiger partial charge in [0, 0.05) is 13.1 Å². The van der Waals surface area contributed by atoms with Gasteiger partial charge in [-0.2, -0.15) is 0 Å². The molecule has 5 nitrogen and oxygen atoms in total. The Morgan fingerprint density at radius 2 is 1.86 bits per heavy atom. The molecule has 0 radical (unpaired) electrons. The second-order valence-electron chi connectivity index (χ2n) is 3.47. The van der Waals surface area contributed by atoms with Gasteiger partial charge in [0.1, 0.15) is 11.6 Å². The third-order valence-corrected chi connectivity index (χ3v) is 2.55. The van der Waals surface area contributed by atoms with Gasteiger partial charge in [0.25, 0.3) is 0 Å². The van der Waals surface area contributed by atoms with E-state index in [1.165, 1.54) is 0 Å². The summed E-state index contributed by atoms with van der Waals surface area (Å²) in [5.74, 6) is -0.133. The van der Waals surface area contributed by atoms with Crippen molar-refractivity contribution in [3.05, 3.63) is 0 Å². The normalized spacial score (nSPS) is 17.3. The molecule has 2 amide bonds. The predicted molar refractivity (Wildman–Crippen MR) is 48.4 cm³/mol. The lowest BCUT2D eigenvalue weighted by Gasteiger charge is -2.26. The van der Waals surface area contributed by atoms with Gasteiger partial charge in [-0.05, 0) is 26.7 Å². The quantitative estimate of drug-likeness (QED) is 0.652. The van der Waals surface area contributed by atoms with Crippen molar-refractivity contribution < 1.29 is 14.7 Å². The monoisotopic (exact) mass is 199 g/mol. The molecule has 0 aliphatic heterocycles. The molecule has 1 saturated carbocycles. The van der Waals surface area contributed by atoms with Crippen LogP contribution in [0.1, 0.15) is 26.7 Å². The van der Waals surface area contributed by atoms with Crippen LogP contribution in [0.2, 0.25) is 0 Å². The number of nitrogens with zero attached hydrogens (tertiary/aromatic N) is 1. The molecule has 0 bridgehead atoms. The zero-order valence-electron chi connectivity index (χ0n) is 8.50. The summed E-state index contributed by atoms with van der Waals surface area (Å²) in [4.78, 5) is 23.8. The van der Waals surface area contributed by atoms with Crippen LogP contribution >= 0.6 is 0 Å². The number of rotatable bonds is 4. The van der Waals surface area contributed by atoms with Crippen molar-refractivity contribution in [3.8, 4) is 0 Å². The summed E-state index contributed by atoms with van der Waals surface area (Å²) in [5, 5.41) is 12.6. The molecule has 1 rings (SSSR count). The molecule has 0 saturated heterocycles. The van der Waals surface area contributed by atoms with Crippen LogP contribution in [-0.2, 0) is 4.79 Å². The first-order valence-electron chi connectivity index (χ1n) is 4.84. The Hall–Kier alpha value is -1.26. The van der Waals surface area contributed by atoms with Crippen LogP contribution in [0.3, 0.4) is 0 Å². The third kappa shape index (κ3) is 1.97. The van der Waals surface area contributed by atoms with Gasteiger partial charge in [-0.3, -0.25) is 4.79 Å². The van der Waals surface area contributed by atoms with E-state index in [4.69, 9.17) is 0 Å². The van der Waals surface area contributed by atoms with Gasteiger partial charge in [0.2, 0.25) is 5.91 Å². The molecule has 0 atom stereocenters. The molecule has 0 aromatic carbocycles. The Morgan fingerprint density at radius 3 is 2.14 bits per heavy atom. The lowest BCUT2D eigenvalue weighted by atomic mass is 10.2. The van der Waals surface area contributed by atoms with E-state index in [2.05, 4.69) is 5.32 Å². The highest BCUT2D eigenvalue weighted by Gasteiger charge is 2.51. The summed E-state index contributed by atoms with van der Waals surface area (Å²) < 4.78 is 0. The van der Waals surface area contributed by atoms with Crippen molar-refractivity contribution in [1.29, 1.82) is 0 Å². The van der Waals surface area contributed by atoms with Crippen molar-refractivity contribution in [2.24, 2.45) is 0 Å². The molecule has 1 aliphatic carbocycles. The summed E-state index contributed by atoms with van der Waals surface area (Å²) in [6.07, 6.45) is -0.213. The molecule has 0 spiro atoms. The molecule has 0 aromatic rings. The summed E-state index contributed by atoms with van der Waals surface area (Å²) in [6, 6.07) is 0. The van der Waals surface area contributed by atoms with Crippen molar-refractivity contribution in [3.63, 3.8) is 0 Å². The van der Waals surface area contributed by atoms with E-state index in [0.717, 1.165) is 0 Å². The van der Waals surface area contributed by atoms with Crippen molar-refractivity contribution in [2.45, 2.75) is 32.2 Å². The number of carbonyl (C=O) groups is 2. The molecule has 0 aromatic heterocycles. The Morgan fingerprint density at radius 1 is 1.36 bits per heavy atom. The van der Waals surface area contributed by atoms with E-state index in [-0.39, 0.29) is 5.91 Å². The van der Waals surface area contributed by atoms with Crippen LogP contribution < -0.4 is 10.4 Å². The predicted octanol–water partition coefficient (Wildman–Crippen LogP) is -0.680. The minimum atomic E-state index is -1.37. The lowest BCUT2D eigenvalue weighted by molar-refractivity contribution is -0.252. The van der Waals surface area contributed by atoms with E-state index >= 15 is 0 Å². The molecule has 1 fully saturated rings. The second kappa shape index (κ2) is 3.86. The molecule has 1 aliphatic rings. The average molecular weight is 199 g/mol. The SMILES string of the molecule is CCN(CC)C(=O)C1(NC(=O)[O-])CC1. The molecule has 5 heteroatoms. The molecule has 0 unspecified atom stereocenters. The molecule has 14 heavy (non-hydrogen) atoms. The van der Waals surface area contributed by atoms with E-state index in [9.17, 15) is 14.7 Å². The Kier molecular flexibility index (Phi) is 2.98. The van der Waals surface area contributed by atoms with Crippen LogP contribution in [-0.4, -0.2) is 35.5 Å². The Bertz CT molecular complexity index is 244. The number of carboxylic acid groups (broad SMARTS) is 1. The van der Waals surface area contributed by atoms with Gasteiger partial charge in [-0.25, -0.2) is 0 Å².